The molecule has 2 atom stereocenters. The second kappa shape index (κ2) is 9.96. The monoisotopic (exact) mass is 409 g/mol. The van der Waals surface area contributed by atoms with Crippen molar-refractivity contribution in [1.82, 2.24) is 4.90 Å². The summed E-state index contributed by atoms with van der Waals surface area (Å²) < 4.78 is 29.5. The number of likely N-dealkylation sites (tertiary alicyclic amines) is 1. The van der Waals surface area contributed by atoms with Crippen LogP contribution in [0.25, 0.3) is 0 Å². The predicted molar refractivity (Wildman–Crippen MR) is 106 cm³/mol. The zero-order valence-corrected chi connectivity index (χ0v) is 16.7. The van der Waals surface area contributed by atoms with Crippen LogP contribution < -0.4 is 0 Å². The van der Waals surface area contributed by atoms with Crippen LogP contribution in [0, 0.1) is 0 Å². The Kier molecular flexibility index (Phi) is 7.90. The molecule has 29 heavy (non-hydrogen) atoms. The largest absolute Gasteiger partial charge is 0.481 e. The zero-order valence-electron chi connectivity index (χ0n) is 16.7. The first-order valence-electron chi connectivity index (χ1n) is 10.0. The summed E-state index contributed by atoms with van der Waals surface area (Å²) in [7, 11) is 0. The van der Waals surface area contributed by atoms with Crippen LogP contribution in [0.3, 0.4) is 0 Å². The zero-order chi connectivity index (χ0) is 21.5. The fourth-order valence-corrected chi connectivity index (χ4v) is 3.50. The van der Waals surface area contributed by atoms with Crippen molar-refractivity contribution in [3.63, 3.8) is 0 Å². The van der Waals surface area contributed by atoms with Crippen molar-refractivity contribution in [1.29, 1.82) is 0 Å². The van der Waals surface area contributed by atoms with Gasteiger partial charge in [0.1, 0.15) is 5.60 Å². The topological polar surface area (TPSA) is 77.8 Å². The molecule has 1 saturated heterocycles. The molecule has 1 heterocycles. The highest BCUT2D eigenvalue weighted by molar-refractivity contribution is 5.79. The standard InChI is InChI=1S/C22H29F2NO4/c1-21(29,22(23,24)17-9-5-4-6-10-17)15-14-18-12-13-19(26)25(18)16-8-3-2-7-11-20(27)28/h4-6,9-10,14-15,18,29H,2-3,7-8,11-13,16H2,1H3,(H,27,28)/b15-14+/t18-,21?/m1/s1. The minimum absolute atomic E-state index is 0.0281. The molecular weight excluding hydrogens is 380 g/mol. The number of carboxylic acids is 1. The van der Waals surface area contributed by atoms with E-state index in [9.17, 15) is 23.5 Å². The Morgan fingerprint density at radius 2 is 1.86 bits per heavy atom. The van der Waals surface area contributed by atoms with Gasteiger partial charge in [0.2, 0.25) is 5.91 Å². The summed E-state index contributed by atoms with van der Waals surface area (Å²) in [5, 5.41) is 19.1. The lowest BCUT2D eigenvalue weighted by Gasteiger charge is -2.31. The number of halogens is 2. The Morgan fingerprint density at radius 3 is 2.52 bits per heavy atom. The second-order valence-corrected chi connectivity index (χ2v) is 7.70. The van der Waals surface area contributed by atoms with Crippen molar-refractivity contribution in [2.45, 2.75) is 69.4 Å². The highest BCUT2D eigenvalue weighted by Gasteiger charge is 2.49. The average molecular weight is 409 g/mol. The van der Waals surface area contributed by atoms with Crippen LogP contribution >= 0.6 is 0 Å². The number of alkyl halides is 2. The Hall–Kier alpha value is -2.28. The number of carboxylic acid groups (broad SMARTS) is 1. The lowest BCUT2D eigenvalue weighted by Crippen LogP contribution is -2.42. The quantitative estimate of drug-likeness (QED) is 0.426. The minimum atomic E-state index is -3.47. The van der Waals surface area contributed by atoms with E-state index in [2.05, 4.69) is 0 Å². The van der Waals surface area contributed by atoms with Gasteiger partial charge in [0.05, 0.1) is 6.04 Å². The van der Waals surface area contributed by atoms with E-state index >= 15 is 0 Å². The van der Waals surface area contributed by atoms with Crippen molar-refractivity contribution in [2.75, 3.05) is 6.54 Å². The minimum Gasteiger partial charge on any atom is -0.481 e. The maximum absolute atomic E-state index is 14.7. The Bertz CT molecular complexity index is 719. The maximum atomic E-state index is 14.7. The van der Waals surface area contributed by atoms with Gasteiger partial charge in [-0.1, -0.05) is 49.2 Å². The van der Waals surface area contributed by atoms with E-state index < -0.39 is 17.5 Å². The molecule has 0 radical (unpaired) electrons. The number of rotatable bonds is 11. The summed E-state index contributed by atoms with van der Waals surface area (Å²) in [6.45, 7) is 1.57. The third-order valence-electron chi connectivity index (χ3n) is 5.33. The fourth-order valence-electron chi connectivity index (χ4n) is 3.50. The number of amides is 1. The van der Waals surface area contributed by atoms with E-state index in [1.807, 2.05) is 0 Å². The molecule has 0 aliphatic carbocycles. The molecule has 5 nitrogen and oxygen atoms in total. The molecule has 2 N–H and O–H groups in total. The third kappa shape index (κ3) is 6.10. The SMILES string of the molecule is CC(O)(/C=C/[C@H]1CCC(=O)N1CCCCCCC(=O)O)C(F)(F)c1ccccc1. The normalized spacial score (nSPS) is 19.7. The number of aliphatic hydroxyl groups is 1. The Balaban J connectivity index is 1.95. The van der Waals surface area contributed by atoms with Gasteiger partial charge >= 0.3 is 11.9 Å². The number of carbonyl (C=O) groups is 2. The number of aliphatic carboxylic acids is 1. The second-order valence-electron chi connectivity index (χ2n) is 7.70. The summed E-state index contributed by atoms with van der Waals surface area (Å²) in [6.07, 6.45) is 6.53. The lowest BCUT2D eigenvalue weighted by atomic mass is 9.90. The van der Waals surface area contributed by atoms with Gasteiger partial charge < -0.3 is 15.1 Å². The first-order chi connectivity index (χ1) is 13.6. The van der Waals surface area contributed by atoms with Gasteiger partial charge in [0, 0.05) is 24.9 Å². The van der Waals surface area contributed by atoms with Crippen LogP contribution in [0.4, 0.5) is 8.78 Å². The molecule has 1 fully saturated rings. The van der Waals surface area contributed by atoms with Crippen molar-refractivity contribution >= 4 is 11.9 Å². The number of hydrogen-bond donors (Lipinski definition) is 2. The van der Waals surface area contributed by atoms with Gasteiger partial charge in [0.25, 0.3) is 0 Å². The van der Waals surface area contributed by atoms with Crippen molar-refractivity contribution < 1.29 is 28.6 Å². The van der Waals surface area contributed by atoms with Gasteiger partial charge in [0.15, 0.2) is 0 Å². The van der Waals surface area contributed by atoms with Crippen molar-refractivity contribution in [2.24, 2.45) is 0 Å². The Morgan fingerprint density at radius 1 is 1.21 bits per heavy atom. The van der Waals surface area contributed by atoms with E-state index in [0.717, 1.165) is 32.3 Å². The number of benzene rings is 1. The highest BCUT2D eigenvalue weighted by atomic mass is 19.3. The molecule has 1 aliphatic heterocycles. The number of carbonyl (C=O) groups excluding carboxylic acids is 1. The summed E-state index contributed by atoms with van der Waals surface area (Å²) in [5.74, 6) is -4.31. The van der Waals surface area contributed by atoms with Gasteiger partial charge in [-0.3, -0.25) is 9.59 Å². The molecule has 0 saturated carbocycles. The van der Waals surface area contributed by atoms with E-state index in [1.165, 1.54) is 30.3 Å². The highest BCUT2D eigenvalue weighted by Crippen LogP contribution is 2.40. The van der Waals surface area contributed by atoms with Gasteiger partial charge in [-0.15, -0.1) is 0 Å². The molecule has 0 aromatic heterocycles. The molecule has 1 aromatic rings. The van der Waals surface area contributed by atoms with Crippen LogP contribution in [0.2, 0.25) is 0 Å². The first kappa shape index (κ1) is 23.0. The molecule has 0 spiro atoms. The van der Waals surface area contributed by atoms with Crippen molar-refractivity contribution in [3.05, 3.63) is 48.0 Å². The summed E-state index contributed by atoms with van der Waals surface area (Å²) in [5.41, 5.74) is -2.65. The summed E-state index contributed by atoms with van der Waals surface area (Å²) in [6, 6.07) is 6.86. The van der Waals surface area contributed by atoms with Crippen molar-refractivity contribution in [3.8, 4) is 0 Å². The van der Waals surface area contributed by atoms with E-state index in [4.69, 9.17) is 5.11 Å². The number of unbranched alkanes of at least 4 members (excludes halogenated alkanes) is 3. The van der Waals surface area contributed by atoms with Gasteiger partial charge in [-0.25, -0.2) is 0 Å². The van der Waals surface area contributed by atoms with E-state index in [1.54, 1.807) is 11.0 Å². The average Bonchev–Trinajstić information content (AvgIpc) is 3.03. The van der Waals surface area contributed by atoms with Gasteiger partial charge in [-0.05, 0) is 32.3 Å². The van der Waals surface area contributed by atoms with E-state index in [0.29, 0.717) is 25.8 Å². The molecule has 7 heteroatoms. The number of hydrogen-bond acceptors (Lipinski definition) is 3. The molecule has 2 rings (SSSR count). The Labute approximate surface area is 170 Å². The third-order valence-corrected chi connectivity index (χ3v) is 5.33. The van der Waals surface area contributed by atoms with E-state index in [-0.39, 0.29) is 23.9 Å². The van der Waals surface area contributed by atoms with Crippen LogP contribution in [-0.2, 0) is 15.5 Å². The van der Waals surface area contributed by atoms with Crippen LogP contribution in [-0.4, -0.2) is 45.2 Å². The lowest BCUT2D eigenvalue weighted by molar-refractivity contribution is -0.152. The van der Waals surface area contributed by atoms with Crippen LogP contribution in [0.1, 0.15) is 57.4 Å². The molecular formula is C22H29F2NO4. The number of nitrogens with zero attached hydrogens (tertiary/aromatic N) is 1. The predicted octanol–water partition coefficient (Wildman–Crippen LogP) is 4.11. The molecule has 1 aliphatic rings. The van der Waals surface area contributed by atoms with Crippen LogP contribution in [0.5, 0.6) is 0 Å². The molecule has 1 amide bonds. The smallest absolute Gasteiger partial charge is 0.304 e. The maximum Gasteiger partial charge on any atom is 0.304 e. The fraction of sp³-hybridized carbons (Fsp3) is 0.545. The van der Waals surface area contributed by atoms with Crippen LogP contribution in [0.15, 0.2) is 42.5 Å². The summed E-state index contributed by atoms with van der Waals surface area (Å²) in [4.78, 5) is 24.3. The van der Waals surface area contributed by atoms with Gasteiger partial charge in [-0.2, -0.15) is 8.78 Å². The molecule has 1 unspecified atom stereocenters. The molecule has 0 bridgehead atoms. The first-order valence-corrected chi connectivity index (χ1v) is 10.0. The molecule has 1 aromatic carbocycles. The summed E-state index contributed by atoms with van der Waals surface area (Å²) >= 11 is 0. The molecule has 160 valence electrons.